The number of rotatable bonds is 7. The maximum absolute atomic E-state index is 4.22. The summed E-state index contributed by atoms with van der Waals surface area (Å²) in [6.45, 7) is 9.83. The van der Waals surface area contributed by atoms with Crippen molar-refractivity contribution in [3.8, 4) is 0 Å². The van der Waals surface area contributed by atoms with E-state index in [0.717, 1.165) is 12.5 Å². The van der Waals surface area contributed by atoms with Crippen LogP contribution in [0.1, 0.15) is 53.4 Å². The average Bonchev–Trinajstić information content (AvgIpc) is 2.24. The molecule has 0 aromatic carbocycles. The fraction of sp³-hybridized carbons (Fsp3) is 0.923. The first kappa shape index (κ1) is 15.3. The Labute approximate surface area is 101 Å². The normalized spacial score (nSPS) is 14.0. The highest BCUT2D eigenvalue weighted by Crippen LogP contribution is 2.02. The molecule has 0 aliphatic carbocycles. The van der Waals surface area contributed by atoms with Crippen molar-refractivity contribution in [2.24, 2.45) is 10.9 Å². The van der Waals surface area contributed by atoms with E-state index in [1.807, 2.05) is 7.05 Å². The first-order valence-corrected chi connectivity index (χ1v) is 6.57. The third-order valence-corrected chi connectivity index (χ3v) is 2.53. The monoisotopic (exact) mass is 227 g/mol. The van der Waals surface area contributed by atoms with Gasteiger partial charge >= 0.3 is 0 Å². The Morgan fingerprint density at radius 3 is 2.38 bits per heavy atom. The van der Waals surface area contributed by atoms with Gasteiger partial charge in [0.1, 0.15) is 0 Å². The third-order valence-electron chi connectivity index (χ3n) is 2.53. The molecule has 0 aliphatic rings. The number of nitrogens with one attached hydrogen (secondary N) is 2. The molecule has 0 bridgehead atoms. The highest BCUT2D eigenvalue weighted by atomic mass is 15.2. The Hall–Kier alpha value is -0.730. The van der Waals surface area contributed by atoms with Crippen LogP contribution < -0.4 is 10.6 Å². The molecular formula is C13H29N3. The molecule has 0 aromatic rings. The van der Waals surface area contributed by atoms with Crippen LogP contribution in [0, 0.1) is 5.92 Å². The average molecular weight is 227 g/mol. The molecule has 0 heterocycles. The fourth-order valence-electron chi connectivity index (χ4n) is 1.50. The van der Waals surface area contributed by atoms with Crippen molar-refractivity contribution in [2.75, 3.05) is 13.6 Å². The molecule has 0 amide bonds. The molecule has 0 rings (SSSR count). The molecule has 0 saturated carbocycles. The van der Waals surface area contributed by atoms with Crippen LogP contribution >= 0.6 is 0 Å². The van der Waals surface area contributed by atoms with E-state index in [1.54, 1.807) is 0 Å². The first-order valence-electron chi connectivity index (χ1n) is 6.57. The summed E-state index contributed by atoms with van der Waals surface area (Å²) in [5.74, 6) is 1.58. The maximum atomic E-state index is 4.22. The molecular weight excluding hydrogens is 198 g/mol. The molecule has 16 heavy (non-hydrogen) atoms. The predicted octanol–water partition coefficient (Wildman–Crippen LogP) is 2.78. The predicted molar refractivity (Wildman–Crippen MR) is 72.9 cm³/mol. The highest BCUT2D eigenvalue weighted by molar-refractivity contribution is 5.79. The van der Waals surface area contributed by atoms with E-state index >= 15 is 0 Å². The van der Waals surface area contributed by atoms with Gasteiger partial charge in [0.25, 0.3) is 0 Å². The molecule has 3 heteroatoms. The minimum atomic E-state index is 0.505. The fourth-order valence-corrected chi connectivity index (χ4v) is 1.50. The van der Waals surface area contributed by atoms with Gasteiger partial charge in [0, 0.05) is 19.6 Å². The summed E-state index contributed by atoms with van der Waals surface area (Å²) in [5.41, 5.74) is 0. The van der Waals surface area contributed by atoms with Gasteiger partial charge in [0.15, 0.2) is 5.96 Å². The van der Waals surface area contributed by atoms with Gasteiger partial charge in [-0.15, -0.1) is 0 Å². The van der Waals surface area contributed by atoms with E-state index in [2.05, 4.69) is 43.3 Å². The van der Waals surface area contributed by atoms with Crippen molar-refractivity contribution in [2.45, 2.75) is 59.4 Å². The molecule has 1 unspecified atom stereocenters. The summed E-state index contributed by atoms with van der Waals surface area (Å²) in [5, 5.41) is 6.75. The van der Waals surface area contributed by atoms with Crippen LogP contribution in [0.15, 0.2) is 4.99 Å². The lowest BCUT2D eigenvalue weighted by molar-refractivity contribution is 0.539. The van der Waals surface area contributed by atoms with E-state index in [0.29, 0.717) is 12.0 Å². The Bertz CT molecular complexity index is 188. The molecule has 0 radical (unpaired) electrons. The quantitative estimate of drug-likeness (QED) is 0.398. The largest absolute Gasteiger partial charge is 0.356 e. The van der Waals surface area contributed by atoms with Crippen molar-refractivity contribution >= 4 is 5.96 Å². The number of aliphatic imine (C=N–C) groups is 1. The minimum Gasteiger partial charge on any atom is -0.356 e. The summed E-state index contributed by atoms with van der Waals surface area (Å²) in [7, 11) is 1.83. The molecule has 3 nitrogen and oxygen atoms in total. The number of hydrogen-bond acceptors (Lipinski definition) is 1. The molecule has 0 aromatic heterocycles. The molecule has 0 aliphatic heterocycles. The smallest absolute Gasteiger partial charge is 0.191 e. The Kier molecular flexibility index (Phi) is 9.06. The van der Waals surface area contributed by atoms with Gasteiger partial charge in [0.2, 0.25) is 0 Å². The SMILES string of the molecule is CCCCCC(C)NC(=NC)NCC(C)C. The zero-order valence-electron chi connectivity index (χ0n) is 11.6. The van der Waals surface area contributed by atoms with Crippen LogP contribution in [0.3, 0.4) is 0 Å². The summed E-state index contributed by atoms with van der Waals surface area (Å²) >= 11 is 0. The lowest BCUT2D eigenvalue weighted by atomic mass is 10.1. The third kappa shape index (κ3) is 8.57. The van der Waals surface area contributed by atoms with E-state index in [1.165, 1.54) is 25.7 Å². The number of hydrogen-bond donors (Lipinski definition) is 2. The molecule has 96 valence electrons. The number of nitrogens with zero attached hydrogens (tertiary/aromatic N) is 1. The lowest BCUT2D eigenvalue weighted by Gasteiger charge is -2.18. The van der Waals surface area contributed by atoms with E-state index in [-0.39, 0.29) is 0 Å². The van der Waals surface area contributed by atoms with Gasteiger partial charge in [-0.05, 0) is 19.3 Å². The summed E-state index contributed by atoms with van der Waals surface area (Å²) in [6, 6.07) is 0.505. The zero-order valence-corrected chi connectivity index (χ0v) is 11.6. The first-order chi connectivity index (χ1) is 7.60. The topological polar surface area (TPSA) is 36.4 Å². The van der Waals surface area contributed by atoms with Crippen LogP contribution in [-0.4, -0.2) is 25.6 Å². The van der Waals surface area contributed by atoms with Gasteiger partial charge < -0.3 is 10.6 Å². The second-order valence-electron chi connectivity index (χ2n) is 4.89. The van der Waals surface area contributed by atoms with Crippen LogP contribution in [0.4, 0.5) is 0 Å². The van der Waals surface area contributed by atoms with E-state index < -0.39 is 0 Å². The van der Waals surface area contributed by atoms with Crippen molar-refractivity contribution in [3.05, 3.63) is 0 Å². The molecule has 2 N–H and O–H groups in total. The van der Waals surface area contributed by atoms with Gasteiger partial charge in [-0.1, -0.05) is 40.0 Å². The van der Waals surface area contributed by atoms with E-state index in [9.17, 15) is 0 Å². The second kappa shape index (κ2) is 9.49. The van der Waals surface area contributed by atoms with Gasteiger partial charge in [-0.25, -0.2) is 0 Å². The van der Waals surface area contributed by atoms with Gasteiger partial charge in [0.05, 0.1) is 0 Å². The van der Waals surface area contributed by atoms with Gasteiger partial charge in [-0.2, -0.15) is 0 Å². The van der Waals surface area contributed by atoms with Crippen LogP contribution in [0.25, 0.3) is 0 Å². The summed E-state index contributed by atoms with van der Waals surface area (Å²) in [4.78, 5) is 4.22. The molecule has 0 saturated heterocycles. The molecule has 0 spiro atoms. The minimum absolute atomic E-state index is 0.505. The van der Waals surface area contributed by atoms with Gasteiger partial charge in [-0.3, -0.25) is 4.99 Å². The lowest BCUT2D eigenvalue weighted by Crippen LogP contribution is -2.43. The van der Waals surface area contributed by atoms with Crippen molar-refractivity contribution in [1.82, 2.24) is 10.6 Å². The Morgan fingerprint density at radius 2 is 1.88 bits per heavy atom. The van der Waals surface area contributed by atoms with Crippen LogP contribution in [-0.2, 0) is 0 Å². The second-order valence-corrected chi connectivity index (χ2v) is 4.89. The van der Waals surface area contributed by atoms with Crippen molar-refractivity contribution in [1.29, 1.82) is 0 Å². The Balaban J connectivity index is 3.75. The highest BCUT2D eigenvalue weighted by Gasteiger charge is 2.04. The zero-order chi connectivity index (χ0) is 12.4. The van der Waals surface area contributed by atoms with E-state index in [4.69, 9.17) is 0 Å². The van der Waals surface area contributed by atoms with Crippen molar-refractivity contribution < 1.29 is 0 Å². The van der Waals surface area contributed by atoms with Crippen LogP contribution in [0.5, 0.6) is 0 Å². The Morgan fingerprint density at radius 1 is 1.19 bits per heavy atom. The summed E-state index contributed by atoms with van der Waals surface area (Å²) < 4.78 is 0. The number of unbranched alkanes of at least 4 members (excludes halogenated alkanes) is 2. The standard InChI is InChI=1S/C13H29N3/c1-6-7-8-9-12(4)16-13(14-5)15-10-11(2)3/h11-12H,6-10H2,1-5H3,(H2,14,15,16). The summed E-state index contributed by atoms with van der Waals surface area (Å²) in [6.07, 6.45) is 5.12. The van der Waals surface area contributed by atoms with Crippen molar-refractivity contribution in [3.63, 3.8) is 0 Å². The molecule has 1 atom stereocenters. The maximum Gasteiger partial charge on any atom is 0.191 e. The number of guanidine groups is 1. The molecule has 0 fully saturated rings. The van der Waals surface area contributed by atoms with Crippen LogP contribution in [0.2, 0.25) is 0 Å².